The first-order valence-corrected chi connectivity index (χ1v) is 13.6. The van der Waals surface area contributed by atoms with E-state index >= 15 is 0 Å². The van der Waals surface area contributed by atoms with Gasteiger partial charge in [-0.1, -0.05) is 48.5 Å². The Labute approximate surface area is 233 Å². The van der Waals surface area contributed by atoms with Crippen LogP contribution >= 0.6 is 11.3 Å². The lowest BCUT2D eigenvalue weighted by atomic mass is 10.0. The number of thiophene rings is 1. The van der Waals surface area contributed by atoms with E-state index in [1.807, 2.05) is 67.8 Å². The molecule has 3 aromatic heterocycles. The van der Waals surface area contributed by atoms with Gasteiger partial charge in [-0.05, 0) is 49.1 Å². The number of carbonyl (C=O) groups is 1. The van der Waals surface area contributed by atoms with Gasteiger partial charge in [0, 0.05) is 23.7 Å². The number of hydrazone groups is 1. The lowest BCUT2D eigenvalue weighted by Gasteiger charge is -2.23. The predicted octanol–water partition coefficient (Wildman–Crippen LogP) is 5.29. The van der Waals surface area contributed by atoms with Crippen LogP contribution in [-0.4, -0.2) is 36.0 Å². The maximum absolute atomic E-state index is 13.9. The second-order valence-electron chi connectivity index (χ2n) is 9.60. The quantitative estimate of drug-likeness (QED) is 0.287. The number of rotatable bonds is 6. The molecule has 0 fully saturated rings. The molecule has 4 heterocycles. The Morgan fingerprint density at radius 1 is 1.02 bits per heavy atom. The molecule has 10 heteroatoms. The summed E-state index contributed by atoms with van der Waals surface area (Å²) in [4.78, 5) is 33.2. The number of benzene rings is 2. The van der Waals surface area contributed by atoms with Gasteiger partial charge in [-0.15, -0.1) is 11.3 Å². The van der Waals surface area contributed by atoms with Gasteiger partial charge in [0.25, 0.3) is 11.5 Å². The maximum Gasteiger partial charge on any atom is 0.263 e. The molecule has 5 aromatic rings. The monoisotopic (exact) mass is 552 g/mol. The summed E-state index contributed by atoms with van der Waals surface area (Å²) in [5.74, 6) is -0.505. The molecule has 1 unspecified atom stereocenters. The Morgan fingerprint density at radius 2 is 1.80 bits per heavy atom. The Balaban J connectivity index is 1.42. The summed E-state index contributed by atoms with van der Waals surface area (Å²) >= 11 is 1.54. The molecule has 0 N–H and O–H groups in total. The fourth-order valence-electron chi connectivity index (χ4n) is 4.88. The zero-order valence-corrected chi connectivity index (χ0v) is 22.7. The van der Waals surface area contributed by atoms with E-state index < -0.39 is 6.04 Å². The second-order valence-corrected chi connectivity index (χ2v) is 10.6. The van der Waals surface area contributed by atoms with Crippen LogP contribution in [0, 0.1) is 19.7 Å². The van der Waals surface area contributed by atoms with Crippen molar-refractivity contribution in [3.8, 4) is 17.2 Å². The fraction of sp³-hybridized carbons (Fsp3) is 0.167. The molecule has 0 aliphatic carbocycles. The predicted molar refractivity (Wildman–Crippen MR) is 152 cm³/mol. The van der Waals surface area contributed by atoms with Gasteiger partial charge in [-0.3, -0.25) is 14.2 Å². The van der Waals surface area contributed by atoms with Gasteiger partial charge < -0.3 is 0 Å². The third kappa shape index (κ3) is 4.89. The van der Waals surface area contributed by atoms with Crippen molar-refractivity contribution in [2.24, 2.45) is 5.10 Å². The van der Waals surface area contributed by atoms with E-state index in [4.69, 9.17) is 4.98 Å². The van der Waals surface area contributed by atoms with E-state index in [9.17, 15) is 14.0 Å². The summed E-state index contributed by atoms with van der Waals surface area (Å²) < 4.78 is 16.6. The summed E-state index contributed by atoms with van der Waals surface area (Å²) in [5, 5.41) is 12.6. The first kappa shape index (κ1) is 25.6. The largest absolute Gasteiger partial charge is 0.271 e. The van der Waals surface area contributed by atoms with Crippen molar-refractivity contribution >= 4 is 23.0 Å². The highest BCUT2D eigenvalue weighted by molar-refractivity contribution is 7.12. The molecule has 0 saturated heterocycles. The van der Waals surface area contributed by atoms with Gasteiger partial charge in [-0.25, -0.2) is 19.1 Å². The molecule has 8 nitrogen and oxygen atoms in total. The molecule has 0 radical (unpaired) electrons. The van der Waals surface area contributed by atoms with Crippen molar-refractivity contribution in [3.63, 3.8) is 0 Å². The number of nitrogens with zero attached hydrogens (tertiary/aromatic N) is 6. The minimum absolute atomic E-state index is 0.241. The molecule has 1 atom stereocenters. The highest BCUT2D eigenvalue weighted by Gasteiger charge is 2.34. The molecule has 200 valence electrons. The van der Waals surface area contributed by atoms with Crippen LogP contribution in [0.2, 0.25) is 0 Å². The third-order valence-corrected chi connectivity index (χ3v) is 7.70. The number of amides is 1. The number of aromatic nitrogens is 4. The zero-order chi connectivity index (χ0) is 27.8. The standard InChI is InChI=1S/C30H25FN6O2S/c1-19-15-20(2)36(33-19)30-32-24(21-7-4-3-5-8-21)17-28(38)35(30)18-29(39)37-26(22-10-12-23(31)13-11-22)16-25(34-37)27-9-6-14-40-27/h3-15,17,26H,16,18H2,1-2H3. The van der Waals surface area contributed by atoms with Gasteiger partial charge in [0.05, 0.1) is 28.0 Å². The molecule has 0 bridgehead atoms. The van der Waals surface area contributed by atoms with Crippen LogP contribution in [0.3, 0.4) is 0 Å². The van der Waals surface area contributed by atoms with E-state index in [1.165, 1.54) is 39.1 Å². The molecule has 1 aliphatic heterocycles. The van der Waals surface area contributed by atoms with Crippen LogP contribution in [0.1, 0.15) is 34.3 Å². The Hall–Kier alpha value is -4.70. The zero-order valence-electron chi connectivity index (χ0n) is 21.9. The first-order chi connectivity index (χ1) is 19.4. The van der Waals surface area contributed by atoms with Crippen molar-refractivity contribution in [3.05, 3.63) is 122 Å². The average molecular weight is 553 g/mol. The lowest BCUT2D eigenvalue weighted by molar-refractivity contribution is -0.133. The smallest absolute Gasteiger partial charge is 0.263 e. The van der Waals surface area contributed by atoms with Crippen molar-refractivity contribution in [2.75, 3.05) is 0 Å². The maximum atomic E-state index is 13.9. The molecule has 1 aliphatic rings. The Bertz CT molecular complexity index is 1780. The van der Waals surface area contributed by atoms with Gasteiger partial charge >= 0.3 is 0 Å². The normalized spacial score (nSPS) is 14.9. The fourth-order valence-corrected chi connectivity index (χ4v) is 5.60. The summed E-state index contributed by atoms with van der Waals surface area (Å²) in [6.07, 6.45) is 0.474. The number of hydrogen-bond donors (Lipinski definition) is 0. The van der Waals surface area contributed by atoms with Crippen molar-refractivity contribution in [2.45, 2.75) is 32.9 Å². The summed E-state index contributed by atoms with van der Waals surface area (Å²) in [6, 6.07) is 22.2. The number of halogens is 1. The lowest BCUT2D eigenvalue weighted by Crippen LogP contribution is -2.36. The van der Waals surface area contributed by atoms with Crippen molar-refractivity contribution < 1.29 is 9.18 Å². The Morgan fingerprint density at radius 3 is 2.48 bits per heavy atom. The Kier molecular flexibility index (Phi) is 6.69. The van der Waals surface area contributed by atoms with Crippen LogP contribution in [0.25, 0.3) is 17.2 Å². The van der Waals surface area contributed by atoms with Gasteiger partial charge in [-0.2, -0.15) is 10.2 Å². The highest BCUT2D eigenvalue weighted by Crippen LogP contribution is 2.34. The second kappa shape index (κ2) is 10.5. The highest BCUT2D eigenvalue weighted by atomic mass is 32.1. The van der Waals surface area contributed by atoms with Gasteiger partial charge in [0.1, 0.15) is 12.4 Å². The van der Waals surface area contributed by atoms with E-state index in [1.54, 1.807) is 16.8 Å². The van der Waals surface area contributed by atoms with Crippen molar-refractivity contribution in [1.29, 1.82) is 0 Å². The SMILES string of the molecule is Cc1cc(C)n(-c2nc(-c3ccccc3)cc(=O)n2CC(=O)N2N=C(c3cccs3)CC2c2ccc(F)cc2)n1. The molecule has 6 rings (SSSR count). The molecule has 0 saturated carbocycles. The van der Waals surface area contributed by atoms with Crippen LogP contribution in [0.5, 0.6) is 0 Å². The number of aryl methyl sites for hydroxylation is 2. The van der Waals surface area contributed by atoms with E-state index in [-0.39, 0.29) is 29.8 Å². The van der Waals surface area contributed by atoms with E-state index in [0.717, 1.165) is 33.1 Å². The van der Waals surface area contributed by atoms with Crippen molar-refractivity contribution in [1.82, 2.24) is 24.3 Å². The summed E-state index contributed by atoms with van der Waals surface area (Å²) in [6.45, 7) is 3.43. The van der Waals surface area contributed by atoms with Crippen LogP contribution in [-0.2, 0) is 11.3 Å². The minimum Gasteiger partial charge on any atom is -0.271 e. The summed E-state index contributed by atoms with van der Waals surface area (Å²) in [7, 11) is 0. The average Bonchev–Trinajstić information content (AvgIpc) is 3.71. The topological polar surface area (TPSA) is 85.4 Å². The minimum atomic E-state index is -0.436. The van der Waals surface area contributed by atoms with Gasteiger partial charge in [0.2, 0.25) is 5.95 Å². The first-order valence-electron chi connectivity index (χ1n) is 12.8. The molecule has 40 heavy (non-hydrogen) atoms. The third-order valence-electron chi connectivity index (χ3n) is 6.78. The van der Waals surface area contributed by atoms with Gasteiger partial charge in [0.15, 0.2) is 0 Å². The summed E-state index contributed by atoms with van der Waals surface area (Å²) in [5.41, 5.74) is 3.94. The van der Waals surface area contributed by atoms with E-state index in [0.29, 0.717) is 12.1 Å². The molecular formula is C30H25FN6O2S. The van der Waals surface area contributed by atoms with Crippen LogP contribution in [0.15, 0.2) is 94.1 Å². The molecule has 1 amide bonds. The van der Waals surface area contributed by atoms with Crippen LogP contribution < -0.4 is 5.56 Å². The number of carbonyl (C=O) groups excluding carboxylic acids is 1. The van der Waals surface area contributed by atoms with E-state index in [2.05, 4.69) is 10.2 Å². The molecule has 0 spiro atoms. The van der Waals surface area contributed by atoms with Crippen LogP contribution in [0.4, 0.5) is 4.39 Å². The molecular weight excluding hydrogens is 527 g/mol. The number of hydrogen-bond acceptors (Lipinski definition) is 6. The molecule has 2 aromatic carbocycles.